The van der Waals surface area contributed by atoms with Gasteiger partial charge >= 0.3 is 0 Å². The number of halogens is 2. The number of carbonyl (C=O) groups is 2. The number of rotatable bonds is 5. The van der Waals surface area contributed by atoms with Crippen molar-refractivity contribution in [1.82, 2.24) is 10.2 Å². The van der Waals surface area contributed by atoms with Crippen LogP contribution in [0.25, 0.3) is 0 Å². The summed E-state index contributed by atoms with van der Waals surface area (Å²) in [5.41, 5.74) is 5.85. The molecule has 5 nitrogen and oxygen atoms in total. The van der Waals surface area contributed by atoms with E-state index in [1.54, 1.807) is 17.0 Å². The minimum Gasteiger partial charge on any atom is -0.355 e. The van der Waals surface area contributed by atoms with Gasteiger partial charge in [0.25, 0.3) is 0 Å². The molecule has 136 valence electrons. The van der Waals surface area contributed by atoms with Crippen molar-refractivity contribution in [2.45, 2.75) is 25.2 Å². The van der Waals surface area contributed by atoms with E-state index in [2.05, 4.69) is 5.32 Å². The standard InChI is InChI=1S/C18H23ClFN3O2/c19-14-4-1-5-15(20)16(14)12-9-13(12)18(25)23-8-2-3-11(10-23)17(24)22-7-6-21/h1,4-5,11-13H,2-3,6-10,21H2,(H,22,24). The second-order valence-corrected chi connectivity index (χ2v) is 7.19. The lowest BCUT2D eigenvalue weighted by Gasteiger charge is -2.32. The third kappa shape index (κ3) is 3.96. The average molecular weight is 368 g/mol. The van der Waals surface area contributed by atoms with E-state index >= 15 is 0 Å². The Balaban J connectivity index is 1.61. The van der Waals surface area contributed by atoms with Crippen molar-refractivity contribution < 1.29 is 14.0 Å². The molecule has 1 aromatic carbocycles. The monoisotopic (exact) mass is 367 g/mol. The quantitative estimate of drug-likeness (QED) is 0.834. The molecule has 2 aliphatic rings. The van der Waals surface area contributed by atoms with Gasteiger partial charge in [0.1, 0.15) is 5.82 Å². The van der Waals surface area contributed by atoms with Gasteiger partial charge in [-0.25, -0.2) is 4.39 Å². The van der Waals surface area contributed by atoms with Crippen molar-refractivity contribution in [3.05, 3.63) is 34.6 Å². The molecule has 1 saturated carbocycles. The fourth-order valence-corrected chi connectivity index (χ4v) is 3.92. The number of carbonyl (C=O) groups excluding carboxylic acids is 2. The average Bonchev–Trinajstić information content (AvgIpc) is 3.39. The smallest absolute Gasteiger partial charge is 0.226 e. The number of hydrogen-bond donors (Lipinski definition) is 2. The van der Waals surface area contributed by atoms with Crippen LogP contribution in [0, 0.1) is 17.7 Å². The van der Waals surface area contributed by atoms with Gasteiger partial charge in [-0.05, 0) is 31.4 Å². The molecule has 25 heavy (non-hydrogen) atoms. The largest absolute Gasteiger partial charge is 0.355 e. The van der Waals surface area contributed by atoms with E-state index in [9.17, 15) is 14.0 Å². The second kappa shape index (κ2) is 7.70. The van der Waals surface area contributed by atoms with Crippen molar-refractivity contribution in [3.8, 4) is 0 Å². The molecule has 0 bridgehead atoms. The van der Waals surface area contributed by atoms with Gasteiger partial charge in [-0.15, -0.1) is 0 Å². The predicted octanol–water partition coefficient (Wildman–Crippen LogP) is 1.90. The van der Waals surface area contributed by atoms with Crippen molar-refractivity contribution in [2.24, 2.45) is 17.6 Å². The molecule has 1 aliphatic heterocycles. The first kappa shape index (κ1) is 18.1. The number of nitrogens with two attached hydrogens (primary N) is 1. The SMILES string of the molecule is NCCNC(=O)C1CCCN(C(=O)C2CC2c2c(F)cccc2Cl)C1. The van der Waals surface area contributed by atoms with E-state index in [1.165, 1.54) is 6.07 Å². The van der Waals surface area contributed by atoms with Gasteiger partial charge in [-0.3, -0.25) is 9.59 Å². The predicted molar refractivity (Wildman–Crippen MR) is 93.6 cm³/mol. The van der Waals surface area contributed by atoms with Gasteiger partial charge in [0.15, 0.2) is 0 Å². The van der Waals surface area contributed by atoms with Crippen molar-refractivity contribution >= 4 is 23.4 Å². The molecule has 3 unspecified atom stereocenters. The zero-order valence-corrected chi connectivity index (χ0v) is 14.8. The zero-order valence-electron chi connectivity index (χ0n) is 14.0. The van der Waals surface area contributed by atoms with E-state index in [-0.39, 0.29) is 35.4 Å². The molecule has 1 aliphatic carbocycles. The summed E-state index contributed by atoms with van der Waals surface area (Å²) in [6.45, 7) is 1.91. The van der Waals surface area contributed by atoms with E-state index in [0.29, 0.717) is 43.2 Å². The van der Waals surface area contributed by atoms with E-state index < -0.39 is 0 Å². The number of nitrogens with zero attached hydrogens (tertiary/aromatic N) is 1. The number of amides is 2. The maximum absolute atomic E-state index is 14.0. The highest BCUT2D eigenvalue weighted by atomic mass is 35.5. The molecule has 0 spiro atoms. The molecule has 3 rings (SSSR count). The Morgan fingerprint density at radius 1 is 1.40 bits per heavy atom. The fourth-order valence-electron chi connectivity index (χ4n) is 3.62. The molecule has 1 saturated heterocycles. The summed E-state index contributed by atoms with van der Waals surface area (Å²) in [7, 11) is 0. The number of nitrogens with one attached hydrogen (secondary N) is 1. The van der Waals surface area contributed by atoms with Gasteiger partial charge in [0, 0.05) is 48.6 Å². The third-order valence-electron chi connectivity index (χ3n) is 5.03. The Bertz CT molecular complexity index is 649. The minimum absolute atomic E-state index is 0.000597. The van der Waals surface area contributed by atoms with Crippen LogP contribution in [0.1, 0.15) is 30.7 Å². The van der Waals surface area contributed by atoms with Gasteiger partial charge in [-0.1, -0.05) is 17.7 Å². The van der Waals surface area contributed by atoms with Gasteiger partial charge in [0.05, 0.1) is 5.92 Å². The number of hydrogen-bond acceptors (Lipinski definition) is 3. The van der Waals surface area contributed by atoms with Crippen LogP contribution in [-0.4, -0.2) is 42.9 Å². The van der Waals surface area contributed by atoms with Crippen LogP contribution in [0.2, 0.25) is 5.02 Å². The molecule has 1 heterocycles. The van der Waals surface area contributed by atoms with Crippen LogP contribution in [0.5, 0.6) is 0 Å². The molecule has 0 radical (unpaired) electrons. The van der Waals surface area contributed by atoms with Crippen molar-refractivity contribution in [2.75, 3.05) is 26.2 Å². The fraction of sp³-hybridized carbons (Fsp3) is 0.556. The minimum atomic E-state index is -0.356. The summed E-state index contributed by atoms with van der Waals surface area (Å²) in [5, 5.41) is 3.16. The Morgan fingerprint density at radius 2 is 2.20 bits per heavy atom. The van der Waals surface area contributed by atoms with Crippen LogP contribution in [0.3, 0.4) is 0 Å². The first-order valence-corrected chi connectivity index (χ1v) is 9.11. The van der Waals surface area contributed by atoms with Crippen molar-refractivity contribution in [3.63, 3.8) is 0 Å². The summed E-state index contributed by atoms with van der Waals surface area (Å²) in [6, 6.07) is 4.59. The Kier molecular flexibility index (Phi) is 5.59. The lowest BCUT2D eigenvalue weighted by Crippen LogP contribution is -2.46. The highest BCUT2D eigenvalue weighted by Crippen LogP contribution is 2.51. The normalized spacial score (nSPS) is 25.6. The van der Waals surface area contributed by atoms with Crippen LogP contribution in [0.15, 0.2) is 18.2 Å². The second-order valence-electron chi connectivity index (χ2n) is 6.79. The lowest BCUT2D eigenvalue weighted by molar-refractivity contribution is -0.136. The van der Waals surface area contributed by atoms with Gasteiger partial charge in [-0.2, -0.15) is 0 Å². The highest BCUT2D eigenvalue weighted by molar-refractivity contribution is 6.31. The van der Waals surface area contributed by atoms with Gasteiger partial charge in [0.2, 0.25) is 11.8 Å². The summed E-state index contributed by atoms with van der Waals surface area (Å²) in [5.74, 6) is -0.995. The Morgan fingerprint density at radius 3 is 2.92 bits per heavy atom. The number of piperidine rings is 1. The van der Waals surface area contributed by atoms with Gasteiger partial charge < -0.3 is 16.0 Å². The molecule has 0 aromatic heterocycles. The van der Waals surface area contributed by atoms with E-state index in [4.69, 9.17) is 17.3 Å². The summed E-state index contributed by atoms with van der Waals surface area (Å²) >= 11 is 6.11. The number of benzene rings is 1. The molecular formula is C18H23ClFN3O2. The van der Waals surface area contributed by atoms with Crippen LogP contribution >= 0.6 is 11.6 Å². The topological polar surface area (TPSA) is 75.4 Å². The van der Waals surface area contributed by atoms with E-state index in [0.717, 1.165) is 12.8 Å². The van der Waals surface area contributed by atoms with Crippen molar-refractivity contribution in [1.29, 1.82) is 0 Å². The molecular weight excluding hydrogens is 345 g/mol. The first-order chi connectivity index (χ1) is 12.0. The molecule has 7 heteroatoms. The molecule has 2 fully saturated rings. The molecule has 2 amide bonds. The Hall–Kier alpha value is -1.66. The highest BCUT2D eigenvalue weighted by Gasteiger charge is 2.48. The summed E-state index contributed by atoms with van der Waals surface area (Å²) < 4.78 is 14.0. The maximum atomic E-state index is 14.0. The van der Waals surface area contributed by atoms with Crippen LogP contribution in [-0.2, 0) is 9.59 Å². The summed E-state index contributed by atoms with van der Waals surface area (Å²) in [4.78, 5) is 26.6. The zero-order chi connectivity index (χ0) is 18.0. The number of likely N-dealkylation sites (tertiary alicyclic amines) is 1. The Labute approximate surface area is 151 Å². The maximum Gasteiger partial charge on any atom is 0.226 e. The van der Waals surface area contributed by atoms with Crippen LogP contribution < -0.4 is 11.1 Å². The first-order valence-electron chi connectivity index (χ1n) is 8.73. The molecule has 1 aromatic rings. The third-order valence-corrected chi connectivity index (χ3v) is 5.36. The molecule has 3 atom stereocenters. The summed E-state index contributed by atoms with van der Waals surface area (Å²) in [6.07, 6.45) is 2.18. The molecule has 3 N–H and O–H groups in total. The van der Waals surface area contributed by atoms with Crippen LogP contribution in [0.4, 0.5) is 4.39 Å². The lowest BCUT2D eigenvalue weighted by atomic mass is 9.96. The van der Waals surface area contributed by atoms with E-state index in [1.807, 2.05) is 0 Å².